The van der Waals surface area contributed by atoms with Crippen molar-refractivity contribution in [2.24, 2.45) is 5.92 Å². The number of nitro groups is 1. The van der Waals surface area contributed by atoms with Crippen LogP contribution < -0.4 is 4.90 Å². The number of rotatable bonds is 4. The van der Waals surface area contributed by atoms with E-state index in [1.807, 2.05) is 18.9 Å². The van der Waals surface area contributed by atoms with Crippen molar-refractivity contribution in [3.05, 3.63) is 40.1 Å². The van der Waals surface area contributed by atoms with Gasteiger partial charge in [0.1, 0.15) is 5.82 Å². The Morgan fingerprint density at radius 3 is 3.04 bits per heavy atom. The molecule has 2 aromatic rings. The van der Waals surface area contributed by atoms with Crippen LogP contribution in [0.15, 0.2) is 18.5 Å². The molecule has 1 N–H and O–H groups in total. The number of aromatic nitrogens is 3. The first-order valence-corrected chi connectivity index (χ1v) is 7.51. The number of aromatic hydroxyl groups is 1. The van der Waals surface area contributed by atoms with E-state index < -0.39 is 16.5 Å². The molecule has 2 aromatic heterocycles. The van der Waals surface area contributed by atoms with Crippen molar-refractivity contribution in [2.75, 3.05) is 18.5 Å². The summed E-state index contributed by atoms with van der Waals surface area (Å²) in [4.78, 5) is 20.2. The van der Waals surface area contributed by atoms with Gasteiger partial charge in [0.2, 0.25) is 5.75 Å². The highest BCUT2D eigenvalue weighted by Gasteiger charge is 2.23. The van der Waals surface area contributed by atoms with E-state index in [4.69, 9.17) is 0 Å². The number of anilines is 1. The number of fused-ring (bicyclic) bond motifs is 1. The Bertz CT molecular complexity index is 743. The van der Waals surface area contributed by atoms with E-state index in [1.165, 1.54) is 12.3 Å². The molecule has 3 heterocycles. The zero-order chi connectivity index (χ0) is 16.6. The lowest BCUT2D eigenvalue weighted by Crippen LogP contribution is -2.31. The van der Waals surface area contributed by atoms with Crippen LogP contribution in [0.1, 0.15) is 17.9 Å². The van der Waals surface area contributed by atoms with Crippen LogP contribution in [0, 0.1) is 23.0 Å². The number of imidazole rings is 1. The van der Waals surface area contributed by atoms with Crippen LogP contribution >= 0.6 is 0 Å². The molecule has 0 radical (unpaired) electrons. The van der Waals surface area contributed by atoms with Gasteiger partial charge >= 0.3 is 5.82 Å². The van der Waals surface area contributed by atoms with Crippen molar-refractivity contribution < 1.29 is 10.0 Å². The second kappa shape index (κ2) is 5.86. The predicted molar refractivity (Wildman–Crippen MR) is 84.6 cm³/mol. The van der Waals surface area contributed by atoms with E-state index in [1.54, 1.807) is 0 Å². The van der Waals surface area contributed by atoms with Crippen molar-refractivity contribution in [3.8, 4) is 5.75 Å². The molecule has 0 aromatic carbocycles. The quantitative estimate of drug-likeness (QED) is 0.683. The number of nitrogens with zero attached hydrogens (tertiary/aromatic N) is 5. The minimum Gasteiger partial charge on any atom is -0.501 e. The van der Waals surface area contributed by atoms with Gasteiger partial charge in [-0.1, -0.05) is 0 Å². The highest BCUT2D eigenvalue weighted by molar-refractivity contribution is 5.53. The van der Waals surface area contributed by atoms with E-state index >= 15 is 0 Å². The summed E-state index contributed by atoms with van der Waals surface area (Å²) in [5.41, 5.74) is 1.71. The normalized spacial score (nSPS) is 16.9. The zero-order valence-corrected chi connectivity index (χ0v) is 13.1. The smallest absolute Gasteiger partial charge is 0.406 e. The summed E-state index contributed by atoms with van der Waals surface area (Å²) in [6, 6.07) is 1.39. The summed E-state index contributed by atoms with van der Waals surface area (Å²) >= 11 is 0. The lowest BCUT2D eigenvalue weighted by molar-refractivity contribution is -0.390. The first-order valence-electron chi connectivity index (χ1n) is 7.51. The molecule has 0 amide bonds. The van der Waals surface area contributed by atoms with Crippen molar-refractivity contribution in [2.45, 2.75) is 26.3 Å². The maximum atomic E-state index is 10.7. The fourth-order valence-electron chi connectivity index (χ4n) is 3.08. The Labute approximate surface area is 133 Å². The van der Waals surface area contributed by atoms with Crippen LogP contribution in [0.25, 0.3) is 0 Å². The fourth-order valence-corrected chi connectivity index (χ4v) is 3.08. The lowest BCUT2D eigenvalue weighted by atomic mass is 9.99. The number of aryl methyl sites for hydroxylation is 2. The summed E-state index contributed by atoms with van der Waals surface area (Å²) in [6.45, 7) is 3.69. The Morgan fingerprint density at radius 1 is 1.57 bits per heavy atom. The van der Waals surface area contributed by atoms with Gasteiger partial charge < -0.3 is 24.7 Å². The second-order valence-corrected chi connectivity index (χ2v) is 6.03. The van der Waals surface area contributed by atoms with Crippen LogP contribution in [0.2, 0.25) is 0 Å². The molecule has 1 atom stereocenters. The molecule has 122 valence electrons. The Morgan fingerprint density at radius 2 is 2.35 bits per heavy atom. The third-order valence-electron chi connectivity index (χ3n) is 4.19. The van der Waals surface area contributed by atoms with Gasteiger partial charge in [-0.25, -0.2) is 4.98 Å². The molecule has 1 unspecified atom stereocenters. The Balaban J connectivity index is 1.69. The van der Waals surface area contributed by atoms with Crippen molar-refractivity contribution >= 4 is 11.5 Å². The maximum Gasteiger partial charge on any atom is 0.406 e. The molecule has 0 aliphatic carbocycles. The largest absolute Gasteiger partial charge is 0.501 e. The molecular formula is C15H19N5O3. The average Bonchev–Trinajstić information content (AvgIpc) is 2.86. The molecule has 1 aliphatic rings. The van der Waals surface area contributed by atoms with E-state index in [0.29, 0.717) is 11.6 Å². The molecule has 8 heteroatoms. The third kappa shape index (κ3) is 3.10. The standard InChI is InChI=1S/C15H19N5O3/c1-10-7-19-9-11(3-4-14(19)17-10)8-18(2)12-5-13(21)15(16-6-12)20(22)23/h5-7,11,21H,3-4,8-9H2,1-2H3. The minimum absolute atomic E-state index is 0.407. The van der Waals surface area contributed by atoms with Crippen molar-refractivity contribution in [1.82, 2.24) is 14.5 Å². The molecule has 8 nitrogen and oxygen atoms in total. The SMILES string of the molecule is Cc1cn2c(n1)CCC(CN(C)c1cnc([N+](=O)[O-])c(O)c1)C2. The number of hydrogen-bond acceptors (Lipinski definition) is 6. The predicted octanol–water partition coefficient (Wildman–Crippen LogP) is 1.90. The first kappa shape index (κ1) is 15.3. The highest BCUT2D eigenvalue weighted by atomic mass is 16.6. The summed E-state index contributed by atoms with van der Waals surface area (Å²) in [7, 11) is 1.90. The maximum absolute atomic E-state index is 10.7. The minimum atomic E-state index is -0.691. The molecule has 0 saturated carbocycles. The molecule has 0 bridgehead atoms. The van der Waals surface area contributed by atoms with Crippen molar-refractivity contribution in [3.63, 3.8) is 0 Å². The Kier molecular flexibility index (Phi) is 3.89. The van der Waals surface area contributed by atoms with Crippen LogP contribution in [-0.2, 0) is 13.0 Å². The second-order valence-electron chi connectivity index (χ2n) is 6.03. The van der Waals surface area contributed by atoms with E-state index in [0.717, 1.165) is 37.4 Å². The summed E-state index contributed by atoms with van der Waals surface area (Å²) < 4.78 is 2.20. The molecule has 0 saturated heterocycles. The van der Waals surface area contributed by atoms with E-state index in [2.05, 4.69) is 20.7 Å². The van der Waals surface area contributed by atoms with Crippen LogP contribution in [0.4, 0.5) is 11.5 Å². The Hall–Kier alpha value is -2.64. The van der Waals surface area contributed by atoms with Crippen LogP contribution in [-0.4, -0.2) is 38.2 Å². The van der Waals surface area contributed by atoms with Gasteiger partial charge in [0.15, 0.2) is 6.20 Å². The third-order valence-corrected chi connectivity index (χ3v) is 4.19. The van der Waals surface area contributed by atoms with Gasteiger partial charge in [0.05, 0.1) is 11.4 Å². The van der Waals surface area contributed by atoms with Crippen molar-refractivity contribution in [1.29, 1.82) is 0 Å². The van der Waals surface area contributed by atoms with Gasteiger partial charge in [-0.2, -0.15) is 0 Å². The molecule has 1 aliphatic heterocycles. The summed E-state index contributed by atoms with van der Waals surface area (Å²) in [6.07, 6.45) is 5.50. The topological polar surface area (TPSA) is 97.3 Å². The average molecular weight is 317 g/mol. The van der Waals surface area contributed by atoms with Crippen LogP contribution in [0.5, 0.6) is 5.75 Å². The number of pyridine rings is 1. The fraction of sp³-hybridized carbons (Fsp3) is 0.467. The van der Waals surface area contributed by atoms with Crippen LogP contribution in [0.3, 0.4) is 0 Å². The van der Waals surface area contributed by atoms with E-state index in [-0.39, 0.29) is 0 Å². The lowest BCUT2D eigenvalue weighted by Gasteiger charge is -2.28. The zero-order valence-electron chi connectivity index (χ0n) is 13.1. The number of hydrogen-bond donors (Lipinski definition) is 1. The van der Waals surface area contributed by atoms with E-state index in [9.17, 15) is 15.2 Å². The molecule has 23 heavy (non-hydrogen) atoms. The first-order chi connectivity index (χ1) is 10.9. The molecule has 0 fully saturated rings. The van der Waals surface area contributed by atoms with Gasteiger partial charge in [0.25, 0.3) is 0 Å². The van der Waals surface area contributed by atoms with Gasteiger partial charge in [0, 0.05) is 38.8 Å². The molecule has 0 spiro atoms. The molecule has 3 rings (SSSR count). The summed E-state index contributed by atoms with van der Waals surface area (Å²) in [5.74, 6) is 0.670. The van der Waals surface area contributed by atoms with Gasteiger partial charge in [-0.15, -0.1) is 0 Å². The summed E-state index contributed by atoms with van der Waals surface area (Å²) in [5, 5.41) is 20.4. The highest BCUT2D eigenvalue weighted by Crippen LogP contribution is 2.28. The van der Waals surface area contributed by atoms with Gasteiger partial charge in [-0.05, 0) is 29.2 Å². The van der Waals surface area contributed by atoms with Gasteiger partial charge in [-0.3, -0.25) is 0 Å². The monoisotopic (exact) mass is 317 g/mol. The molecular weight excluding hydrogens is 298 g/mol.